The third kappa shape index (κ3) is 2.33. The van der Waals surface area contributed by atoms with Crippen molar-refractivity contribution in [2.45, 2.75) is 11.8 Å². The lowest BCUT2D eigenvalue weighted by atomic mass is 9.93. The first-order valence-corrected chi connectivity index (χ1v) is 4.43. The van der Waals surface area contributed by atoms with Crippen LogP contribution >= 0.6 is 0 Å². The van der Waals surface area contributed by atoms with Gasteiger partial charge >= 0.3 is 6.18 Å². The molecule has 0 fully saturated rings. The maximum absolute atomic E-state index is 12.7. The number of hydrogen-bond donors (Lipinski definition) is 2. The average molecular weight is 233 g/mol. The summed E-state index contributed by atoms with van der Waals surface area (Å²) in [6.45, 7) is -0.913. The molecule has 0 spiro atoms. The Balaban J connectivity index is 3.10. The lowest BCUT2D eigenvalue weighted by molar-refractivity contribution is -0.263. The van der Waals surface area contributed by atoms with E-state index in [1.165, 1.54) is 18.2 Å². The van der Waals surface area contributed by atoms with Gasteiger partial charge in [-0.3, -0.25) is 4.79 Å². The fraction of sp³-hybridized carbons (Fsp3) is 0.300. The van der Waals surface area contributed by atoms with Crippen LogP contribution < -0.4 is 5.32 Å². The molecule has 0 unspecified atom stereocenters. The van der Waals surface area contributed by atoms with E-state index in [0.717, 1.165) is 12.1 Å². The zero-order valence-corrected chi connectivity index (χ0v) is 8.16. The molecule has 0 aliphatic carbocycles. The van der Waals surface area contributed by atoms with Crippen molar-refractivity contribution in [1.29, 1.82) is 0 Å². The van der Waals surface area contributed by atoms with Gasteiger partial charge < -0.3 is 10.4 Å². The highest BCUT2D eigenvalue weighted by Gasteiger charge is 2.54. The van der Waals surface area contributed by atoms with Crippen LogP contribution in [0.2, 0.25) is 0 Å². The Labute approximate surface area is 89.9 Å². The molecular formula is C10H10F3NO2. The molecule has 16 heavy (non-hydrogen) atoms. The molecule has 1 atom stereocenters. The normalized spacial score (nSPS) is 15.2. The van der Waals surface area contributed by atoms with Gasteiger partial charge in [-0.2, -0.15) is 13.2 Å². The number of hydrogen-bond acceptors (Lipinski definition) is 2. The van der Waals surface area contributed by atoms with Crippen molar-refractivity contribution in [3.05, 3.63) is 35.9 Å². The Kier molecular flexibility index (Phi) is 3.54. The molecule has 0 aliphatic heterocycles. The molecule has 3 nitrogen and oxygen atoms in total. The third-order valence-electron chi connectivity index (χ3n) is 2.16. The van der Waals surface area contributed by atoms with Gasteiger partial charge in [-0.05, 0) is 5.56 Å². The van der Waals surface area contributed by atoms with Crippen LogP contribution in [0.4, 0.5) is 13.2 Å². The van der Waals surface area contributed by atoms with Crippen molar-refractivity contribution in [2.75, 3.05) is 6.54 Å². The van der Waals surface area contributed by atoms with Crippen molar-refractivity contribution in [1.82, 2.24) is 5.32 Å². The minimum atomic E-state index is -4.86. The molecule has 0 bridgehead atoms. The molecule has 0 aliphatic rings. The molecule has 2 N–H and O–H groups in total. The first-order chi connectivity index (χ1) is 7.42. The first kappa shape index (κ1) is 12.5. The van der Waals surface area contributed by atoms with E-state index < -0.39 is 18.3 Å². The molecule has 1 aromatic rings. The van der Waals surface area contributed by atoms with E-state index in [2.05, 4.69) is 0 Å². The van der Waals surface area contributed by atoms with E-state index in [0.29, 0.717) is 0 Å². The number of halogens is 3. The van der Waals surface area contributed by atoms with Crippen LogP contribution in [0, 0.1) is 0 Å². The molecule has 0 saturated carbocycles. The number of amides is 1. The SMILES string of the molecule is O=CNC[C@@](O)(c1ccccc1)C(F)(F)F. The lowest BCUT2D eigenvalue weighted by Gasteiger charge is -2.30. The van der Waals surface area contributed by atoms with E-state index in [4.69, 9.17) is 0 Å². The van der Waals surface area contributed by atoms with E-state index in [1.807, 2.05) is 5.32 Å². The van der Waals surface area contributed by atoms with Gasteiger partial charge in [0.25, 0.3) is 0 Å². The quantitative estimate of drug-likeness (QED) is 0.767. The summed E-state index contributed by atoms with van der Waals surface area (Å²) in [6, 6.07) is 6.60. The summed E-state index contributed by atoms with van der Waals surface area (Å²) in [7, 11) is 0. The van der Waals surface area contributed by atoms with Crippen molar-refractivity contribution in [3.63, 3.8) is 0 Å². The van der Waals surface area contributed by atoms with Gasteiger partial charge in [-0.1, -0.05) is 30.3 Å². The highest BCUT2D eigenvalue weighted by Crippen LogP contribution is 2.38. The summed E-state index contributed by atoms with van der Waals surface area (Å²) in [5.74, 6) is 0. The van der Waals surface area contributed by atoms with E-state index in [1.54, 1.807) is 0 Å². The van der Waals surface area contributed by atoms with Gasteiger partial charge in [-0.25, -0.2) is 0 Å². The highest BCUT2D eigenvalue weighted by atomic mass is 19.4. The van der Waals surface area contributed by atoms with Gasteiger partial charge in [0.05, 0.1) is 6.54 Å². The Hall–Kier alpha value is -1.56. The smallest absolute Gasteiger partial charge is 0.375 e. The second-order valence-electron chi connectivity index (χ2n) is 3.22. The third-order valence-corrected chi connectivity index (χ3v) is 2.16. The lowest BCUT2D eigenvalue weighted by Crippen LogP contribution is -2.49. The van der Waals surface area contributed by atoms with Crippen molar-refractivity contribution in [3.8, 4) is 0 Å². The standard InChI is InChI=1S/C10H10F3NO2/c11-10(12,13)9(16,6-14-7-15)8-4-2-1-3-5-8/h1-5,7,16H,6H2,(H,14,15)/t9-/m1/s1. The zero-order chi connectivity index (χ0) is 12.2. The van der Waals surface area contributed by atoms with Crippen molar-refractivity contribution in [2.24, 2.45) is 0 Å². The predicted octanol–water partition coefficient (Wildman–Crippen LogP) is 1.18. The molecule has 0 radical (unpaired) electrons. The summed E-state index contributed by atoms with van der Waals surface area (Å²) in [5.41, 5.74) is -3.37. The van der Waals surface area contributed by atoms with Crippen LogP contribution in [0.15, 0.2) is 30.3 Å². The summed E-state index contributed by atoms with van der Waals surface area (Å²) >= 11 is 0. The fourth-order valence-corrected chi connectivity index (χ4v) is 1.27. The number of benzene rings is 1. The van der Waals surface area contributed by atoms with Gasteiger partial charge in [0.15, 0.2) is 0 Å². The summed E-state index contributed by atoms with van der Waals surface area (Å²) in [5, 5.41) is 11.4. The summed E-state index contributed by atoms with van der Waals surface area (Å²) in [6.07, 6.45) is -4.75. The van der Waals surface area contributed by atoms with Crippen molar-refractivity contribution < 1.29 is 23.1 Å². The number of aliphatic hydroxyl groups is 1. The van der Waals surface area contributed by atoms with Crippen LogP contribution in [0.25, 0.3) is 0 Å². The molecule has 6 heteroatoms. The van der Waals surface area contributed by atoms with E-state index in [-0.39, 0.29) is 12.0 Å². The Morgan fingerprint density at radius 1 is 1.25 bits per heavy atom. The largest absolute Gasteiger partial charge is 0.423 e. The van der Waals surface area contributed by atoms with Crippen LogP contribution in [-0.2, 0) is 10.4 Å². The molecule has 1 aromatic carbocycles. The van der Waals surface area contributed by atoms with Crippen LogP contribution in [0.1, 0.15) is 5.56 Å². The average Bonchev–Trinajstić information content (AvgIpc) is 2.25. The number of carbonyl (C=O) groups is 1. The van der Waals surface area contributed by atoms with Gasteiger partial charge in [0, 0.05) is 0 Å². The van der Waals surface area contributed by atoms with Gasteiger partial charge in [-0.15, -0.1) is 0 Å². The first-order valence-electron chi connectivity index (χ1n) is 4.43. The predicted molar refractivity (Wildman–Crippen MR) is 50.5 cm³/mol. The topological polar surface area (TPSA) is 49.3 Å². The Morgan fingerprint density at radius 3 is 2.25 bits per heavy atom. The van der Waals surface area contributed by atoms with E-state index in [9.17, 15) is 23.1 Å². The molecule has 88 valence electrons. The van der Waals surface area contributed by atoms with E-state index >= 15 is 0 Å². The Bertz CT molecular complexity index is 353. The minimum absolute atomic E-state index is 0.111. The molecule has 1 rings (SSSR count). The number of alkyl halides is 3. The van der Waals surface area contributed by atoms with Crippen LogP contribution in [0.5, 0.6) is 0 Å². The molecule has 1 amide bonds. The Morgan fingerprint density at radius 2 is 1.81 bits per heavy atom. The molecule has 0 saturated heterocycles. The highest BCUT2D eigenvalue weighted by molar-refractivity contribution is 5.46. The molecular weight excluding hydrogens is 223 g/mol. The van der Waals surface area contributed by atoms with Crippen LogP contribution in [0.3, 0.4) is 0 Å². The monoisotopic (exact) mass is 233 g/mol. The summed E-state index contributed by atoms with van der Waals surface area (Å²) < 4.78 is 38.1. The summed E-state index contributed by atoms with van der Waals surface area (Å²) in [4.78, 5) is 10.0. The van der Waals surface area contributed by atoms with Crippen molar-refractivity contribution >= 4 is 6.41 Å². The number of nitrogens with one attached hydrogen (secondary N) is 1. The number of rotatable bonds is 4. The van der Waals surface area contributed by atoms with Gasteiger partial charge in [0.2, 0.25) is 12.0 Å². The molecule has 0 aromatic heterocycles. The second kappa shape index (κ2) is 4.52. The maximum atomic E-state index is 12.7. The minimum Gasteiger partial charge on any atom is -0.375 e. The number of carbonyl (C=O) groups excluding carboxylic acids is 1. The van der Waals surface area contributed by atoms with Gasteiger partial charge in [0.1, 0.15) is 0 Å². The molecule has 0 heterocycles. The van der Waals surface area contributed by atoms with Crippen LogP contribution in [-0.4, -0.2) is 24.2 Å². The fourth-order valence-electron chi connectivity index (χ4n) is 1.27. The zero-order valence-electron chi connectivity index (χ0n) is 8.16. The second-order valence-corrected chi connectivity index (χ2v) is 3.22. The maximum Gasteiger partial charge on any atom is 0.423 e.